The highest BCUT2D eigenvalue weighted by Crippen LogP contribution is 2.31. The van der Waals surface area contributed by atoms with Crippen molar-refractivity contribution in [2.24, 2.45) is 5.92 Å². The lowest BCUT2D eigenvalue weighted by molar-refractivity contribution is -0.132. The van der Waals surface area contributed by atoms with Crippen molar-refractivity contribution in [1.82, 2.24) is 9.80 Å². The first-order valence-corrected chi connectivity index (χ1v) is 5.45. The van der Waals surface area contributed by atoms with Crippen LogP contribution < -0.4 is 0 Å². The van der Waals surface area contributed by atoms with Crippen LogP contribution in [0.5, 0.6) is 0 Å². The topological polar surface area (TPSA) is 60.9 Å². The van der Waals surface area contributed by atoms with Crippen LogP contribution in [-0.4, -0.2) is 53.1 Å². The number of nitrogens with zero attached hydrogens (tertiary/aromatic N) is 2. The molecular weight excluding hydrogens is 196 g/mol. The summed E-state index contributed by atoms with van der Waals surface area (Å²) < 4.78 is 0. The standard InChI is InChI=1S/C10H16N2O3/c13-9(8-2-3-8)11-4-1-5-12(7-6-11)10(14)15/h8H,1-7H2,(H,14,15). The van der Waals surface area contributed by atoms with Gasteiger partial charge in [0.2, 0.25) is 5.91 Å². The minimum atomic E-state index is -0.879. The van der Waals surface area contributed by atoms with Crippen molar-refractivity contribution in [3.63, 3.8) is 0 Å². The van der Waals surface area contributed by atoms with Gasteiger partial charge in [0.1, 0.15) is 0 Å². The second-order valence-corrected chi connectivity index (χ2v) is 4.22. The average molecular weight is 212 g/mol. The van der Waals surface area contributed by atoms with Crippen LogP contribution >= 0.6 is 0 Å². The van der Waals surface area contributed by atoms with Crippen LogP contribution in [0.1, 0.15) is 19.3 Å². The molecule has 1 aliphatic carbocycles. The molecule has 1 heterocycles. The molecule has 0 aromatic rings. The van der Waals surface area contributed by atoms with Crippen molar-refractivity contribution in [3.05, 3.63) is 0 Å². The molecule has 1 aliphatic heterocycles. The maximum atomic E-state index is 11.7. The van der Waals surface area contributed by atoms with Crippen LogP contribution in [0, 0.1) is 5.92 Å². The highest BCUT2D eigenvalue weighted by Gasteiger charge is 2.34. The van der Waals surface area contributed by atoms with Gasteiger partial charge in [-0.3, -0.25) is 4.79 Å². The van der Waals surface area contributed by atoms with Crippen molar-refractivity contribution < 1.29 is 14.7 Å². The van der Waals surface area contributed by atoms with Gasteiger partial charge in [0.05, 0.1) is 0 Å². The van der Waals surface area contributed by atoms with Gasteiger partial charge in [-0.2, -0.15) is 0 Å². The average Bonchev–Trinajstić information content (AvgIpc) is 3.04. The molecule has 0 bridgehead atoms. The molecule has 84 valence electrons. The number of hydrogen-bond acceptors (Lipinski definition) is 2. The third-order valence-corrected chi connectivity index (χ3v) is 3.00. The van der Waals surface area contributed by atoms with Crippen molar-refractivity contribution >= 4 is 12.0 Å². The van der Waals surface area contributed by atoms with Crippen molar-refractivity contribution in [1.29, 1.82) is 0 Å². The zero-order valence-electron chi connectivity index (χ0n) is 8.69. The van der Waals surface area contributed by atoms with Gasteiger partial charge < -0.3 is 14.9 Å². The highest BCUT2D eigenvalue weighted by atomic mass is 16.4. The SMILES string of the molecule is O=C(O)N1CCCN(C(=O)C2CC2)CC1. The fourth-order valence-electron chi connectivity index (χ4n) is 1.92. The van der Waals surface area contributed by atoms with E-state index in [0.29, 0.717) is 26.2 Å². The summed E-state index contributed by atoms with van der Waals surface area (Å²) in [5, 5.41) is 8.83. The van der Waals surface area contributed by atoms with Crippen molar-refractivity contribution in [3.8, 4) is 0 Å². The first kappa shape index (κ1) is 10.3. The first-order valence-electron chi connectivity index (χ1n) is 5.45. The highest BCUT2D eigenvalue weighted by molar-refractivity contribution is 5.81. The van der Waals surface area contributed by atoms with Gasteiger partial charge in [0.25, 0.3) is 0 Å². The molecule has 2 aliphatic rings. The summed E-state index contributed by atoms with van der Waals surface area (Å²) in [5.41, 5.74) is 0. The van der Waals surface area contributed by atoms with Gasteiger partial charge in [-0.25, -0.2) is 4.79 Å². The number of carbonyl (C=O) groups excluding carboxylic acids is 1. The molecular formula is C10H16N2O3. The largest absolute Gasteiger partial charge is 0.465 e. The van der Waals surface area contributed by atoms with Gasteiger partial charge in [-0.05, 0) is 19.3 Å². The van der Waals surface area contributed by atoms with Crippen LogP contribution in [0.25, 0.3) is 0 Å². The Morgan fingerprint density at radius 1 is 1.00 bits per heavy atom. The molecule has 0 unspecified atom stereocenters. The molecule has 5 heteroatoms. The summed E-state index contributed by atoms with van der Waals surface area (Å²) in [4.78, 5) is 25.7. The number of rotatable bonds is 1. The molecule has 0 spiro atoms. The van der Waals surface area contributed by atoms with E-state index in [1.807, 2.05) is 4.90 Å². The van der Waals surface area contributed by atoms with Gasteiger partial charge in [0.15, 0.2) is 0 Å². The number of amides is 2. The van der Waals surface area contributed by atoms with Crippen LogP contribution in [0.15, 0.2) is 0 Å². The smallest absolute Gasteiger partial charge is 0.407 e. The van der Waals surface area contributed by atoms with E-state index in [1.54, 1.807) is 0 Å². The Hall–Kier alpha value is -1.26. The number of carbonyl (C=O) groups is 2. The second kappa shape index (κ2) is 4.08. The van der Waals surface area contributed by atoms with Gasteiger partial charge >= 0.3 is 6.09 Å². The Balaban J connectivity index is 1.88. The minimum Gasteiger partial charge on any atom is -0.465 e. The van der Waals surface area contributed by atoms with E-state index in [4.69, 9.17) is 5.11 Å². The summed E-state index contributed by atoms with van der Waals surface area (Å²) in [7, 11) is 0. The predicted molar refractivity (Wildman–Crippen MR) is 53.5 cm³/mol. The van der Waals surface area contributed by atoms with E-state index in [0.717, 1.165) is 19.3 Å². The van der Waals surface area contributed by atoms with E-state index in [9.17, 15) is 9.59 Å². The molecule has 1 saturated carbocycles. The lowest BCUT2D eigenvalue weighted by atomic mass is 10.3. The molecule has 0 aromatic heterocycles. The molecule has 2 fully saturated rings. The van der Waals surface area contributed by atoms with Crippen molar-refractivity contribution in [2.75, 3.05) is 26.2 Å². The van der Waals surface area contributed by atoms with E-state index in [-0.39, 0.29) is 11.8 Å². The number of carboxylic acid groups (broad SMARTS) is 1. The fourth-order valence-corrected chi connectivity index (χ4v) is 1.92. The maximum absolute atomic E-state index is 11.7. The van der Waals surface area contributed by atoms with E-state index >= 15 is 0 Å². The summed E-state index contributed by atoms with van der Waals surface area (Å²) in [5.74, 6) is 0.462. The third kappa shape index (κ3) is 2.40. The van der Waals surface area contributed by atoms with Gasteiger partial charge in [0, 0.05) is 32.1 Å². The molecule has 0 atom stereocenters. The quantitative estimate of drug-likeness (QED) is 0.692. The monoisotopic (exact) mass is 212 g/mol. The lowest BCUT2D eigenvalue weighted by Gasteiger charge is -2.20. The van der Waals surface area contributed by atoms with E-state index in [2.05, 4.69) is 0 Å². The summed E-state index contributed by atoms with van der Waals surface area (Å²) >= 11 is 0. The van der Waals surface area contributed by atoms with E-state index < -0.39 is 6.09 Å². The third-order valence-electron chi connectivity index (χ3n) is 3.00. The fraction of sp³-hybridized carbons (Fsp3) is 0.800. The van der Waals surface area contributed by atoms with Crippen LogP contribution in [0.3, 0.4) is 0 Å². The predicted octanol–water partition coefficient (Wildman–Crippen LogP) is 0.609. The molecule has 5 nitrogen and oxygen atoms in total. The first-order chi connectivity index (χ1) is 7.18. The van der Waals surface area contributed by atoms with E-state index in [1.165, 1.54) is 4.90 Å². The molecule has 1 N–H and O–H groups in total. The minimum absolute atomic E-state index is 0.224. The molecule has 1 saturated heterocycles. The van der Waals surface area contributed by atoms with Crippen molar-refractivity contribution in [2.45, 2.75) is 19.3 Å². The van der Waals surface area contributed by atoms with Crippen LogP contribution in [0.4, 0.5) is 4.79 Å². The van der Waals surface area contributed by atoms with Gasteiger partial charge in [-0.1, -0.05) is 0 Å². The van der Waals surface area contributed by atoms with Crippen LogP contribution in [0.2, 0.25) is 0 Å². The Kier molecular flexibility index (Phi) is 2.79. The Labute approximate surface area is 88.6 Å². The Bertz CT molecular complexity index is 276. The zero-order chi connectivity index (χ0) is 10.8. The summed E-state index contributed by atoms with van der Waals surface area (Å²) in [6.07, 6.45) is 1.90. The zero-order valence-corrected chi connectivity index (χ0v) is 8.69. The molecule has 0 aromatic carbocycles. The van der Waals surface area contributed by atoms with Gasteiger partial charge in [-0.15, -0.1) is 0 Å². The molecule has 0 radical (unpaired) electrons. The Morgan fingerprint density at radius 3 is 2.20 bits per heavy atom. The number of hydrogen-bond donors (Lipinski definition) is 1. The lowest BCUT2D eigenvalue weighted by Crippen LogP contribution is -2.37. The summed E-state index contributed by atoms with van der Waals surface area (Å²) in [6.45, 7) is 2.26. The molecule has 2 rings (SSSR count). The maximum Gasteiger partial charge on any atom is 0.407 e. The van der Waals surface area contributed by atoms with Crippen LogP contribution in [-0.2, 0) is 4.79 Å². The Morgan fingerprint density at radius 2 is 1.60 bits per heavy atom. The molecule has 15 heavy (non-hydrogen) atoms. The molecule has 2 amide bonds. The second-order valence-electron chi connectivity index (χ2n) is 4.22. The normalized spacial score (nSPS) is 22.4. The summed E-state index contributed by atoms with van der Waals surface area (Å²) in [6, 6.07) is 0.